The molecular weight excluding hydrogens is 445 g/mol. The number of carbonyl (C=O) groups is 2. The molecule has 0 spiro atoms. The fourth-order valence-corrected chi connectivity index (χ4v) is 4.79. The van der Waals surface area contributed by atoms with E-state index in [0.29, 0.717) is 29.0 Å². The number of carbonyl (C=O) groups excluding carboxylic acids is 2. The van der Waals surface area contributed by atoms with Gasteiger partial charge in [-0.1, -0.05) is 6.42 Å². The highest BCUT2D eigenvalue weighted by atomic mass is 32.1. The zero-order chi connectivity index (χ0) is 23.1. The molecule has 0 aromatic carbocycles. The van der Waals surface area contributed by atoms with Gasteiger partial charge >= 0.3 is 0 Å². The van der Waals surface area contributed by atoms with Gasteiger partial charge in [0.15, 0.2) is 11.3 Å². The van der Waals surface area contributed by atoms with Crippen molar-refractivity contribution < 1.29 is 14.0 Å². The molecule has 2 N–H and O–H groups in total. The van der Waals surface area contributed by atoms with Gasteiger partial charge in [-0.15, -0.1) is 11.3 Å². The second-order valence-electron chi connectivity index (χ2n) is 8.63. The van der Waals surface area contributed by atoms with Gasteiger partial charge in [-0.2, -0.15) is 4.98 Å². The van der Waals surface area contributed by atoms with E-state index >= 15 is 0 Å². The molecule has 1 aliphatic carbocycles. The maximum Gasteiger partial charge on any atom is 0.274 e. The van der Waals surface area contributed by atoms with Crippen molar-refractivity contribution in [1.29, 1.82) is 0 Å². The van der Waals surface area contributed by atoms with Gasteiger partial charge in [-0.25, -0.2) is 14.4 Å². The normalized spacial score (nSPS) is 17.4. The summed E-state index contributed by atoms with van der Waals surface area (Å²) in [4.78, 5) is 44.3. The van der Waals surface area contributed by atoms with E-state index in [-0.39, 0.29) is 41.5 Å². The van der Waals surface area contributed by atoms with Crippen molar-refractivity contribution in [2.75, 3.05) is 18.4 Å². The highest BCUT2D eigenvalue weighted by molar-refractivity contribution is 7.18. The lowest BCUT2D eigenvalue weighted by Crippen LogP contribution is -2.62. The third kappa shape index (κ3) is 4.37. The smallest absolute Gasteiger partial charge is 0.274 e. The molecule has 3 aromatic rings. The van der Waals surface area contributed by atoms with Crippen LogP contribution in [-0.2, 0) is 4.79 Å². The van der Waals surface area contributed by atoms with Gasteiger partial charge in [0.05, 0.1) is 23.3 Å². The molecule has 1 atom stereocenters. The van der Waals surface area contributed by atoms with E-state index in [9.17, 15) is 14.0 Å². The molecule has 0 bridgehead atoms. The molecule has 9 nitrogen and oxygen atoms in total. The van der Waals surface area contributed by atoms with Crippen LogP contribution in [0.3, 0.4) is 0 Å². The van der Waals surface area contributed by atoms with Crippen molar-refractivity contribution in [2.45, 2.75) is 45.2 Å². The Morgan fingerprint density at radius 3 is 2.70 bits per heavy atom. The Morgan fingerprint density at radius 2 is 2.00 bits per heavy atom. The Morgan fingerprint density at radius 1 is 1.21 bits per heavy atom. The van der Waals surface area contributed by atoms with Crippen LogP contribution in [0, 0.1) is 18.7 Å². The van der Waals surface area contributed by atoms with Crippen molar-refractivity contribution in [3.05, 3.63) is 40.5 Å². The lowest BCUT2D eigenvalue weighted by atomic mass is 9.84. The molecule has 11 heteroatoms. The van der Waals surface area contributed by atoms with E-state index in [1.807, 2.05) is 13.8 Å². The Kier molecular flexibility index (Phi) is 5.65. The van der Waals surface area contributed by atoms with E-state index in [1.54, 1.807) is 11.1 Å². The first-order valence-electron chi connectivity index (χ1n) is 11.0. The standard InChI is InChI=1S/C22H24FN7O2S/c1-11(14-6-15(23)8-24-7-14)25-22-28-17(18-19(29-22)26-12(2)33-18)21(32)30-9-16(10-30)27-20(31)13-4-3-5-13/h6-8,11,13,16H,3-5,9-10H2,1-2H3,(H,27,31)(H,25,28,29)/t11-/m0/s1. The largest absolute Gasteiger partial charge is 0.350 e. The quantitative estimate of drug-likeness (QED) is 0.571. The van der Waals surface area contributed by atoms with Crippen molar-refractivity contribution in [1.82, 2.24) is 30.2 Å². The predicted molar refractivity (Wildman–Crippen MR) is 121 cm³/mol. The number of halogens is 1. The van der Waals surface area contributed by atoms with Crippen molar-refractivity contribution in [3.63, 3.8) is 0 Å². The van der Waals surface area contributed by atoms with E-state index in [2.05, 4.69) is 30.6 Å². The zero-order valence-electron chi connectivity index (χ0n) is 18.3. The average Bonchev–Trinajstić information content (AvgIpc) is 3.08. The van der Waals surface area contributed by atoms with Crippen LogP contribution in [0.15, 0.2) is 18.5 Å². The van der Waals surface area contributed by atoms with Crippen LogP contribution in [0.25, 0.3) is 10.3 Å². The number of anilines is 1. The van der Waals surface area contributed by atoms with Crippen LogP contribution in [-0.4, -0.2) is 55.8 Å². The van der Waals surface area contributed by atoms with Gasteiger partial charge in [-0.05, 0) is 38.3 Å². The average molecular weight is 470 g/mol. The number of fused-ring (bicyclic) bond motifs is 1. The van der Waals surface area contributed by atoms with Crippen LogP contribution in [0.4, 0.5) is 10.3 Å². The van der Waals surface area contributed by atoms with Gasteiger partial charge in [-0.3, -0.25) is 14.6 Å². The number of pyridine rings is 1. The number of hydrogen-bond acceptors (Lipinski definition) is 8. The lowest BCUT2D eigenvalue weighted by Gasteiger charge is -2.40. The number of nitrogens with one attached hydrogen (secondary N) is 2. The Labute approximate surface area is 193 Å². The number of amides is 2. The van der Waals surface area contributed by atoms with Gasteiger partial charge in [0.25, 0.3) is 5.91 Å². The summed E-state index contributed by atoms with van der Waals surface area (Å²) in [5.74, 6) is -0.194. The molecule has 1 saturated heterocycles. The van der Waals surface area contributed by atoms with Crippen LogP contribution in [0.5, 0.6) is 0 Å². The number of aryl methyl sites for hydroxylation is 1. The summed E-state index contributed by atoms with van der Waals surface area (Å²) in [6.45, 7) is 4.59. The maximum atomic E-state index is 13.6. The molecule has 1 aliphatic heterocycles. The third-order valence-electron chi connectivity index (χ3n) is 6.13. The summed E-state index contributed by atoms with van der Waals surface area (Å²) >= 11 is 1.37. The number of rotatable bonds is 6. The first-order chi connectivity index (χ1) is 15.9. The van der Waals surface area contributed by atoms with Crippen LogP contribution < -0.4 is 10.6 Å². The molecule has 2 amide bonds. The highest BCUT2D eigenvalue weighted by Crippen LogP contribution is 2.29. The van der Waals surface area contributed by atoms with Crippen molar-refractivity contribution in [3.8, 4) is 0 Å². The topological polar surface area (TPSA) is 113 Å². The molecule has 0 radical (unpaired) electrons. The summed E-state index contributed by atoms with van der Waals surface area (Å²) in [6, 6.07) is 1.03. The van der Waals surface area contributed by atoms with E-state index < -0.39 is 5.82 Å². The Balaban J connectivity index is 1.33. The number of thiazole rings is 1. The fraction of sp³-hybridized carbons (Fsp3) is 0.455. The van der Waals surface area contributed by atoms with Crippen LogP contribution >= 0.6 is 11.3 Å². The summed E-state index contributed by atoms with van der Waals surface area (Å²) < 4.78 is 14.2. The van der Waals surface area contributed by atoms with E-state index in [1.165, 1.54) is 17.4 Å². The molecule has 4 heterocycles. The molecule has 2 aliphatic rings. The third-order valence-corrected chi connectivity index (χ3v) is 7.09. The fourth-order valence-electron chi connectivity index (χ4n) is 3.95. The van der Waals surface area contributed by atoms with Crippen LogP contribution in [0.2, 0.25) is 0 Å². The SMILES string of the molecule is Cc1nc2nc(N[C@@H](C)c3cncc(F)c3)nc(C(=O)N3CC(NC(=O)C4CCC4)C3)c2s1. The van der Waals surface area contributed by atoms with Crippen molar-refractivity contribution in [2.24, 2.45) is 5.92 Å². The number of nitrogens with zero attached hydrogens (tertiary/aromatic N) is 5. The molecule has 2 fully saturated rings. The minimum atomic E-state index is -0.430. The first-order valence-corrected chi connectivity index (χ1v) is 11.8. The minimum absolute atomic E-state index is 0.0272. The summed E-state index contributed by atoms with van der Waals surface area (Å²) in [6.07, 6.45) is 5.71. The van der Waals surface area contributed by atoms with Crippen molar-refractivity contribution >= 4 is 39.4 Å². The number of hydrogen-bond donors (Lipinski definition) is 2. The number of aromatic nitrogens is 4. The summed E-state index contributed by atoms with van der Waals surface area (Å²) in [7, 11) is 0. The van der Waals surface area contributed by atoms with Gasteiger partial charge in [0.1, 0.15) is 10.5 Å². The molecule has 3 aromatic heterocycles. The van der Waals surface area contributed by atoms with Gasteiger partial charge in [0, 0.05) is 25.2 Å². The molecule has 33 heavy (non-hydrogen) atoms. The molecular formula is C22H24FN7O2S. The molecule has 5 rings (SSSR count). The maximum absolute atomic E-state index is 13.6. The zero-order valence-corrected chi connectivity index (χ0v) is 19.2. The monoisotopic (exact) mass is 469 g/mol. The molecule has 172 valence electrons. The Hall–Kier alpha value is -3.21. The highest BCUT2D eigenvalue weighted by Gasteiger charge is 2.36. The van der Waals surface area contributed by atoms with E-state index in [4.69, 9.17) is 0 Å². The summed E-state index contributed by atoms with van der Waals surface area (Å²) in [5, 5.41) is 6.94. The number of likely N-dealkylation sites (tertiary alicyclic amines) is 1. The van der Waals surface area contributed by atoms with Gasteiger partial charge in [0.2, 0.25) is 11.9 Å². The lowest BCUT2D eigenvalue weighted by molar-refractivity contribution is -0.129. The van der Waals surface area contributed by atoms with Crippen LogP contribution in [0.1, 0.15) is 53.3 Å². The molecule has 1 saturated carbocycles. The predicted octanol–water partition coefficient (Wildman–Crippen LogP) is 2.84. The minimum Gasteiger partial charge on any atom is -0.350 e. The second kappa shape index (κ2) is 8.62. The first kappa shape index (κ1) is 21.6. The second-order valence-corrected chi connectivity index (χ2v) is 9.83. The Bertz CT molecular complexity index is 1220. The van der Waals surface area contributed by atoms with E-state index in [0.717, 1.165) is 30.5 Å². The molecule has 0 unspecified atom stereocenters. The summed E-state index contributed by atoms with van der Waals surface area (Å²) in [5.41, 5.74) is 1.36. The van der Waals surface area contributed by atoms with Gasteiger partial charge < -0.3 is 15.5 Å².